The molecule has 170 valence electrons. The number of hydrogen-bond acceptors (Lipinski definition) is 7. The largest absolute Gasteiger partial charge is 0.495 e. The first-order chi connectivity index (χ1) is 15.7. The van der Waals surface area contributed by atoms with E-state index in [1.54, 1.807) is 54.6 Å². The number of ether oxygens (including phenoxy) is 2. The maximum Gasteiger partial charge on any atom is 0.201 e. The van der Waals surface area contributed by atoms with E-state index in [1.807, 2.05) is 0 Å². The zero-order valence-corrected chi connectivity index (χ0v) is 20.1. The molecule has 0 amide bonds. The number of aromatic nitrogens is 1. The van der Waals surface area contributed by atoms with Crippen LogP contribution < -0.4 is 9.47 Å². The first kappa shape index (κ1) is 22.1. The van der Waals surface area contributed by atoms with Gasteiger partial charge in [0.2, 0.25) is 5.60 Å². The molecule has 7 nitrogen and oxygen atoms in total. The van der Waals surface area contributed by atoms with E-state index in [-0.39, 0.29) is 17.1 Å². The Hall–Kier alpha value is -2.75. The van der Waals surface area contributed by atoms with Gasteiger partial charge in [-0.2, -0.15) is 0 Å². The summed E-state index contributed by atoms with van der Waals surface area (Å²) < 4.78 is 38.8. The second kappa shape index (κ2) is 7.38. The van der Waals surface area contributed by atoms with Gasteiger partial charge in [0.25, 0.3) is 0 Å². The summed E-state index contributed by atoms with van der Waals surface area (Å²) in [5.41, 5.74) is -3.00. The Morgan fingerprint density at radius 2 is 1.76 bits per heavy atom. The number of Topliss-reactive ketones (excluding diaryl/α,β-unsaturated/α-hetero) is 1. The van der Waals surface area contributed by atoms with Crippen LogP contribution in [0.4, 0.5) is 0 Å². The fraction of sp³-hybridized carbons (Fsp3) is 0.250. The van der Waals surface area contributed by atoms with Crippen LogP contribution in [0.5, 0.6) is 11.5 Å². The fourth-order valence-electron chi connectivity index (χ4n) is 5.27. The summed E-state index contributed by atoms with van der Waals surface area (Å²) in [4.78, 5) is 18.1. The number of rotatable bonds is 4. The van der Waals surface area contributed by atoms with Gasteiger partial charge in [-0.25, -0.2) is 8.42 Å². The van der Waals surface area contributed by atoms with Crippen LogP contribution in [0, 0.1) is 0 Å². The molecule has 33 heavy (non-hydrogen) atoms. The predicted octanol–water partition coefficient (Wildman–Crippen LogP) is 3.11. The van der Waals surface area contributed by atoms with Crippen LogP contribution in [0.15, 0.2) is 71.5 Å². The Kier molecular flexibility index (Phi) is 4.93. The summed E-state index contributed by atoms with van der Waals surface area (Å²) in [6.45, 7) is 0. The van der Waals surface area contributed by atoms with Crippen LogP contribution in [0.2, 0.25) is 0 Å². The molecular formula is C24H20BrNO6S. The zero-order valence-electron chi connectivity index (χ0n) is 17.7. The molecule has 2 aliphatic rings. The summed E-state index contributed by atoms with van der Waals surface area (Å²) in [7, 11) is -2.57. The van der Waals surface area contributed by atoms with Crippen molar-refractivity contribution in [2.75, 3.05) is 13.4 Å². The van der Waals surface area contributed by atoms with Crippen molar-refractivity contribution in [3.05, 3.63) is 88.2 Å². The number of halogens is 1. The smallest absolute Gasteiger partial charge is 0.201 e. The van der Waals surface area contributed by atoms with Crippen molar-refractivity contribution in [3.63, 3.8) is 0 Å². The van der Waals surface area contributed by atoms with E-state index in [2.05, 4.69) is 20.9 Å². The van der Waals surface area contributed by atoms with Crippen LogP contribution in [-0.4, -0.2) is 42.9 Å². The lowest BCUT2D eigenvalue weighted by molar-refractivity contribution is -0.151. The Bertz CT molecular complexity index is 1360. The topological polar surface area (TPSA) is 103 Å². The highest BCUT2D eigenvalue weighted by Gasteiger charge is 2.79. The lowest BCUT2D eigenvalue weighted by Gasteiger charge is -2.39. The van der Waals surface area contributed by atoms with Gasteiger partial charge in [-0.05, 0) is 23.3 Å². The zero-order chi connectivity index (χ0) is 23.6. The van der Waals surface area contributed by atoms with Crippen molar-refractivity contribution in [1.29, 1.82) is 0 Å². The number of benzene rings is 2. The number of hydrogen-bond donors (Lipinski definition) is 1. The van der Waals surface area contributed by atoms with E-state index in [9.17, 15) is 18.3 Å². The van der Waals surface area contributed by atoms with Crippen LogP contribution in [0.3, 0.4) is 0 Å². The molecule has 9 heteroatoms. The molecule has 1 N–H and O–H groups in total. The number of sulfone groups is 1. The molecular weight excluding hydrogens is 510 g/mol. The van der Waals surface area contributed by atoms with Gasteiger partial charge >= 0.3 is 0 Å². The minimum Gasteiger partial charge on any atom is -0.495 e. The molecule has 4 atom stereocenters. The number of ketones is 1. The Balaban J connectivity index is 1.93. The predicted molar refractivity (Wildman–Crippen MR) is 124 cm³/mol. The molecule has 1 aromatic heterocycles. The summed E-state index contributed by atoms with van der Waals surface area (Å²) in [5.74, 6) is -1.58. The number of carbonyl (C=O) groups is 1. The number of carbonyl (C=O) groups excluding carboxylic acids is 1. The lowest BCUT2D eigenvalue weighted by atomic mass is 9.71. The number of aliphatic hydroxyl groups is 1. The average molecular weight is 530 g/mol. The summed E-state index contributed by atoms with van der Waals surface area (Å²) in [6.07, 6.45) is 3.78. The van der Waals surface area contributed by atoms with Crippen LogP contribution in [-0.2, 0) is 25.8 Å². The Morgan fingerprint density at radius 1 is 1.09 bits per heavy atom. The van der Waals surface area contributed by atoms with Crippen molar-refractivity contribution in [2.24, 2.45) is 0 Å². The van der Waals surface area contributed by atoms with Gasteiger partial charge in [-0.3, -0.25) is 9.78 Å². The quantitative estimate of drug-likeness (QED) is 0.553. The molecule has 1 fully saturated rings. The highest BCUT2D eigenvalue weighted by Crippen LogP contribution is 2.67. The van der Waals surface area contributed by atoms with Crippen molar-refractivity contribution < 1.29 is 27.8 Å². The number of nitrogens with zero attached hydrogens (tertiary/aromatic N) is 1. The second-order valence-corrected chi connectivity index (χ2v) is 11.4. The van der Waals surface area contributed by atoms with Gasteiger partial charge in [-0.1, -0.05) is 58.4 Å². The van der Waals surface area contributed by atoms with E-state index >= 15 is 0 Å². The minimum absolute atomic E-state index is 0.0833. The normalized spacial score (nSPS) is 28.2. The third kappa shape index (κ3) is 2.85. The van der Waals surface area contributed by atoms with Gasteiger partial charge in [0.15, 0.2) is 21.2 Å². The first-order valence-electron chi connectivity index (χ1n) is 10.1. The van der Waals surface area contributed by atoms with E-state index in [0.29, 0.717) is 11.1 Å². The molecule has 3 aromatic rings. The van der Waals surface area contributed by atoms with E-state index in [1.165, 1.54) is 19.5 Å². The van der Waals surface area contributed by atoms with Crippen molar-refractivity contribution in [3.8, 4) is 11.5 Å². The van der Waals surface area contributed by atoms with Gasteiger partial charge in [0.05, 0.1) is 31.0 Å². The Labute approximate surface area is 199 Å². The monoisotopic (exact) mass is 529 g/mol. The standard InChI is InChI=1S/C24H20BrNO6S/c1-31-17-12-26-13-18-20(17)23(28)22(27)21(33(2,29)30)19(14-6-4-3-5-7-14)24(23,32-18)15-8-10-16(25)11-9-15/h3-13,19,21,28H,1-2H3. The molecule has 0 bridgehead atoms. The van der Waals surface area contributed by atoms with Crippen LogP contribution >= 0.6 is 15.9 Å². The minimum atomic E-state index is -3.96. The molecule has 0 radical (unpaired) electrons. The van der Waals surface area contributed by atoms with E-state index in [0.717, 1.165) is 10.7 Å². The number of pyridine rings is 1. The molecule has 2 heterocycles. The van der Waals surface area contributed by atoms with Crippen molar-refractivity contribution in [2.45, 2.75) is 22.4 Å². The first-order valence-corrected chi connectivity index (χ1v) is 12.9. The SMILES string of the molecule is COc1cncc2c1C1(O)C(=O)C(S(C)(=O)=O)C(c3ccccc3)C1(c1ccc(Br)cc1)O2. The molecule has 1 saturated carbocycles. The van der Waals surface area contributed by atoms with E-state index in [4.69, 9.17) is 9.47 Å². The van der Waals surface area contributed by atoms with Gasteiger partial charge in [-0.15, -0.1) is 0 Å². The van der Waals surface area contributed by atoms with Crippen LogP contribution in [0.25, 0.3) is 0 Å². The molecule has 0 saturated heterocycles. The highest BCUT2D eigenvalue weighted by atomic mass is 79.9. The fourth-order valence-corrected chi connectivity index (χ4v) is 6.93. The van der Waals surface area contributed by atoms with E-state index < -0.39 is 38.0 Å². The summed E-state index contributed by atoms with van der Waals surface area (Å²) in [5, 5.41) is 10.8. The highest BCUT2D eigenvalue weighted by molar-refractivity contribution is 9.10. The molecule has 2 aromatic carbocycles. The van der Waals surface area contributed by atoms with Gasteiger partial charge < -0.3 is 14.6 Å². The summed E-state index contributed by atoms with van der Waals surface area (Å²) in [6, 6.07) is 15.7. The average Bonchev–Trinajstić information content (AvgIpc) is 3.18. The van der Waals surface area contributed by atoms with Crippen molar-refractivity contribution >= 4 is 31.6 Å². The molecule has 0 spiro atoms. The lowest BCUT2D eigenvalue weighted by Crippen LogP contribution is -2.50. The molecule has 4 unspecified atom stereocenters. The molecule has 1 aliphatic heterocycles. The maximum absolute atomic E-state index is 14.0. The summed E-state index contributed by atoms with van der Waals surface area (Å²) >= 11 is 3.41. The third-order valence-electron chi connectivity index (χ3n) is 6.52. The van der Waals surface area contributed by atoms with Gasteiger partial charge in [0.1, 0.15) is 16.7 Å². The third-order valence-corrected chi connectivity index (χ3v) is 8.45. The van der Waals surface area contributed by atoms with Crippen LogP contribution in [0.1, 0.15) is 22.6 Å². The van der Waals surface area contributed by atoms with Gasteiger partial charge in [0, 0.05) is 10.7 Å². The molecule has 1 aliphatic carbocycles. The molecule has 5 rings (SSSR count). The maximum atomic E-state index is 14.0. The van der Waals surface area contributed by atoms with Crippen molar-refractivity contribution in [1.82, 2.24) is 4.98 Å². The Morgan fingerprint density at radius 3 is 2.36 bits per heavy atom. The number of fused-ring (bicyclic) bond motifs is 3. The number of methoxy groups -OCH3 is 1. The second-order valence-electron chi connectivity index (χ2n) is 8.27.